The van der Waals surface area contributed by atoms with Gasteiger partial charge in [-0.2, -0.15) is 0 Å². The molecule has 1 aromatic rings. The number of carbonyl (C=O) groups is 1. The number of carbonyl (C=O) groups excluding carboxylic acids is 1. The molecule has 0 aromatic heterocycles. The van der Waals surface area contributed by atoms with Crippen LogP contribution in [0, 0.1) is 0 Å². The summed E-state index contributed by atoms with van der Waals surface area (Å²) >= 11 is 1.73. The van der Waals surface area contributed by atoms with Gasteiger partial charge in [0, 0.05) is 30.4 Å². The predicted molar refractivity (Wildman–Crippen MR) is 89.3 cm³/mol. The molecule has 4 heteroatoms. The van der Waals surface area contributed by atoms with Gasteiger partial charge in [0.05, 0.1) is 0 Å². The third-order valence-corrected chi connectivity index (χ3v) is 5.10. The smallest absolute Gasteiger partial charge is 0.224 e. The van der Waals surface area contributed by atoms with E-state index in [9.17, 15) is 4.79 Å². The fourth-order valence-corrected chi connectivity index (χ4v) is 3.37. The number of amides is 1. The lowest BCUT2D eigenvalue weighted by molar-refractivity contribution is -0.132. The number of benzene rings is 1. The van der Waals surface area contributed by atoms with Gasteiger partial charge in [0.1, 0.15) is 0 Å². The summed E-state index contributed by atoms with van der Waals surface area (Å²) in [5.41, 5.74) is 7.27. The molecule has 0 bridgehead atoms. The second-order valence-corrected chi connectivity index (χ2v) is 7.08. The molecule has 0 saturated heterocycles. The molecule has 1 aromatic carbocycles. The molecule has 0 atom stereocenters. The molecule has 21 heavy (non-hydrogen) atoms. The van der Waals surface area contributed by atoms with Gasteiger partial charge in [-0.05, 0) is 36.8 Å². The largest absolute Gasteiger partial charge is 0.341 e. The number of nitrogens with zero attached hydrogens (tertiary/aromatic N) is 1. The maximum atomic E-state index is 12.4. The van der Waals surface area contributed by atoms with E-state index in [0.29, 0.717) is 13.0 Å². The van der Waals surface area contributed by atoms with Gasteiger partial charge in [-0.1, -0.05) is 31.4 Å². The number of hydrogen-bond acceptors (Lipinski definition) is 3. The van der Waals surface area contributed by atoms with Crippen LogP contribution >= 0.6 is 11.8 Å². The van der Waals surface area contributed by atoms with Gasteiger partial charge in [-0.15, -0.1) is 11.8 Å². The average Bonchev–Trinajstić information content (AvgIpc) is 2.48. The Balaban J connectivity index is 1.89. The zero-order valence-corrected chi connectivity index (χ0v) is 13.9. The molecule has 116 valence electrons. The van der Waals surface area contributed by atoms with E-state index < -0.39 is 0 Å². The summed E-state index contributed by atoms with van der Waals surface area (Å²) in [7, 11) is 1.87. The predicted octanol–water partition coefficient (Wildman–Crippen LogP) is 3.42. The molecule has 1 fully saturated rings. The number of hydrogen-bond donors (Lipinski definition) is 1. The SMILES string of the molecule is CSc1ccc(CN(C)C(=O)CC2(N)CCCCC2)cc1. The molecule has 0 radical (unpaired) electrons. The van der Waals surface area contributed by atoms with Gasteiger partial charge < -0.3 is 10.6 Å². The van der Waals surface area contributed by atoms with Gasteiger partial charge in [0.2, 0.25) is 5.91 Å². The highest BCUT2D eigenvalue weighted by Gasteiger charge is 2.31. The van der Waals surface area contributed by atoms with Gasteiger partial charge in [0.25, 0.3) is 0 Å². The topological polar surface area (TPSA) is 46.3 Å². The molecule has 1 saturated carbocycles. The summed E-state index contributed by atoms with van der Waals surface area (Å²) in [4.78, 5) is 15.4. The van der Waals surface area contributed by atoms with Crippen LogP contribution in [0.4, 0.5) is 0 Å². The lowest BCUT2D eigenvalue weighted by atomic mass is 9.80. The second-order valence-electron chi connectivity index (χ2n) is 6.20. The first-order valence-electron chi connectivity index (χ1n) is 7.68. The van der Waals surface area contributed by atoms with Crippen molar-refractivity contribution in [2.75, 3.05) is 13.3 Å². The van der Waals surface area contributed by atoms with Crippen LogP contribution in [0.1, 0.15) is 44.1 Å². The monoisotopic (exact) mass is 306 g/mol. The molecule has 0 spiro atoms. The summed E-state index contributed by atoms with van der Waals surface area (Å²) in [6.07, 6.45) is 8.07. The van der Waals surface area contributed by atoms with Crippen LogP contribution in [0.2, 0.25) is 0 Å². The van der Waals surface area contributed by atoms with Crippen LogP contribution in [0.15, 0.2) is 29.2 Å². The van der Waals surface area contributed by atoms with E-state index in [-0.39, 0.29) is 11.4 Å². The molecule has 2 N–H and O–H groups in total. The van der Waals surface area contributed by atoms with Crippen LogP contribution in [0.25, 0.3) is 0 Å². The molecule has 3 nitrogen and oxygen atoms in total. The van der Waals surface area contributed by atoms with Gasteiger partial charge in [-0.25, -0.2) is 0 Å². The fraction of sp³-hybridized carbons (Fsp3) is 0.588. The van der Waals surface area contributed by atoms with E-state index in [1.807, 2.05) is 7.05 Å². The molecule has 1 aliphatic rings. The summed E-state index contributed by atoms with van der Waals surface area (Å²) in [5.74, 6) is 0.161. The van der Waals surface area contributed by atoms with E-state index in [1.165, 1.54) is 16.9 Å². The normalized spacial score (nSPS) is 17.5. The average molecular weight is 306 g/mol. The van der Waals surface area contributed by atoms with E-state index in [4.69, 9.17) is 5.73 Å². The summed E-state index contributed by atoms with van der Waals surface area (Å²) in [6.45, 7) is 0.656. The van der Waals surface area contributed by atoms with Crippen LogP contribution in [0.5, 0.6) is 0 Å². The van der Waals surface area contributed by atoms with Gasteiger partial charge in [0.15, 0.2) is 0 Å². The molecular formula is C17H26N2OS. The zero-order chi connectivity index (χ0) is 15.3. The lowest BCUT2D eigenvalue weighted by Crippen LogP contribution is -2.46. The van der Waals surface area contributed by atoms with Crippen molar-refractivity contribution in [1.82, 2.24) is 4.90 Å². The van der Waals surface area contributed by atoms with Crippen LogP contribution in [-0.2, 0) is 11.3 Å². The van der Waals surface area contributed by atoms with E-state index in [1.54, 1.807) is 16.7 Å². The van der Waals surface area contributed by atoms with E-state index in [0.717, 1.165) is 25.7 Å². The maximum Gasteiger partial charge on any atom is 0.224 e. The quantitative estimate of drug-likeness (QED) is 0.848. The van der Waals surface area contributed by atoms with Crippen LogP contribution < -0.4 is 5.73 Å². The van der Waals surface area contributed by atoms with E-state index in [2.05, 4.69) is 30.5 Å². The molecular weight excluding hydrogens is 280 g/mol. The minimum absolute atomic E-state index is 0.161. The third-order valence-electron chi connectivity index (χ3n) is 4.36. The Morgan fingerprint density at radius 1 is 1.24 bits per heavy atom. The first kappa shape index (κ1) is 16.4. The Hall–Kier alpha value is -1.00. The summed E-state index contributed by atoms with van der Waals surface area (Å²) in [5, 5.41) is 0. The minimum atomic E-state index is -0.272. The van der Waals surface area contributed by atoms with Crippen molar-refractivity contribution >= 4 is 17.7 Å². The highest BCUT2D eigenvalue weighted by atomic mass is 32.2. The highest BCUT2D eigenvalue weighted by molar-refractivity contribution is 7.98. The molecule has 0 aliphatic heterocycles. The summed E-state index contributed by atoms with van der Waals surface area (Å²) < 4.78 is 0. The van der Waals surface area contributed by atoms with Crippen molar-refractivity contribution in [2.45, 2.75) is 55.5 Å². The van der Waals surface area contributed by atoms with Gasteiger partial charge in [-0.3, -0.25) is 4.79 Å². The lowest BCUT2D eigenvalue weighted by Gasteiger charge is -2.34. The standard InChI is InChI=1S/C17H26N2OS/c1-19(13-14-6-8-15(21-2)9-7-14)16(20)12-17(18)10-4-3-5-11-17/h6-9H,3-5,10-13,18H2,1-2H3. The summed E-state index contributed by atoms with van der Waals surface area (Å²) in [6, 6.07) is 8.39. The third kappa shape index (κ3) is 4.75. The first-order valence-corrected chi connectivity index (χ1v) is 8.91. The van der Waals surface area contributed by atoms with Crippen LogP contribution in [0.3, 0.4) is 0 Å². The molecule has 2 rings (SSSR count). The van der Waals surface area contributed by atoms with Crippen molar-refractivity contribution in [2.24, 2.45) is 5.73 Å². The van der Waals surface area contributed by atoms with Crippen molar-refractivity contribution < 1.29 is 4.79 Å². The minimum Gasteiger partial charge on any atom is -0.341 e. The molecule has 1 aliphatic carbocycles. The second kappa shape index (κ2) is 7.32. The Kier molecular flexibility index (Phi) is 5.71. The van der Waals surface area contributed by atoms with Crippen molar-refractivity contribution in [3.8, 4) is 0 Å². The van der Waals surface area contributed by atoms with Gasteiger partial charge >= 0.3 is 0 Å². The molecule has 1 amide bonds. The van der Waals surface area contributed by atoms with Crippen LogP contribution in [-0.4, -0.2) is 29.6 Å². The number of rotatable bonds is 5. The maximum absolute atomic E-state index is 12.4. The number of nitrogens with two attached hydrogens (primary N) is 1. The van der Waals surface area contributed by atoms with E-state index >= 15 is 0 Å². The Bertz CT molecular complexity index is 466. The molecule has 0 heterocycles. The Labute approximate surface area is 132 Å². The highest BCUT2D eigenvalue weighted by Crippen LogP contribution is 2.29. The molecule has 0 unspecified atom stereocenters. The Morgan fingerprint density at radius 2 is 1.86 bits per heavy atom. The zero-order valence-electron chi connectivity index (χ0n) is 13.1. The number of thioether (sulfide) groups is 1. The fourth-order valence-electron chi connectivity index (χ4n) is 2.96. The van der Waals surface area contributed by atoms with Crippen molar-refractivity contribution in [3.05, 3.63) is 29.8 Å². The Morgan fingerprint density at radius 3 is 2.43 bits per heavy atom. The first-order chi connectivity index (χ1) is 10.0. The van der Waals surface area contributed by atoms with Crippen molar-refractivity contribution in [3.63, 3.8) is 0 Å². The van der Waals surface area contributed by atoms with Crippen molar-refractivity contribution in [1.29, 1.82) is 0 Å².